The van der Waals surface area contributed by atoms with Gasteiger partial charge < -0.3 is 28.7 Å². The molecule has 1 saturated carbocycles. The topological polar surface area (TPSA) is 93.1 Å². The molecule has 10 nitrogen and oxygen atoms in total. The first-order valence-corrected chi connectivity index (χ1v) is 18.6. The van der Waals surface area contributed by atoms with Crippen LogP contribution in [0.15, 0.2) is 53.7 Å². The van der Waals surface area contributed by atoms with Crippen molar-refractivity contribution in [2.24, 2.45) is 17.0 Å². The average Bonchev–Trinajstić information content (AvgIpc) is 3.28. The Labute approximate surface area is 303 Å². The van der Waals surface area contributed by atoms with Gasteiger partial charge in [-0.3, -0.25) is 4.90 Å². The first-order chi connectivity index (χ1) is 24.3. The number of hydrogen-bond acceptors (Lipinski definition) is 10. The predicted octanol–water partition coefficient (Wildman–Crippen LogP) is 6.51. The Morgan fingerprint density at radius 1 is 1.16 bits per heavy atom. The lowest BCUT2D eigenvalue weighted by Gasteiger charge is -2.44. The normalized spacial score (nSPS) is 22.4. The Hall–Kier alpha value is -3.02. The van der Waals surface area contributed by atoms with Crippen LogP contribution in [0.5, 0.6) is 5.75 Å². The molecule has 274 valence electrons. The highest BCUT2D eigenvalue weighted by Gasteiger charge is 2.39. The van der Waals surface area contributed by atoms with Gasteiger partial charge in [0, 0.05) is 50.2 Å². The molecule has 2 fully saturated rings. The fraction of sp³-hybridized carbons (Fsp3) is 0.615. The SMILES string of the molecule is CCCc1cc(Cl)ccc1C1COc2ccc(C(N=O)C(=O)OC)cc2N(CC2CCC2C(/C=C/CCN(C)C)OCCN2CCOCC2)C1. The van der Waals surface area contributed by atoms with E-state index in [1.165, 1.54) is 18.2 Å². The van der Waals surface area contributed by atoms with Crippen LogP contribution in [-0.4, -0.2) is 109 Å². The summed E-state index contributed by atoms with van der Waals surface area (Å²) in [4.78, 5) is 31.4. The molecule has 2 aromatic carbocycles. The standard InChI is InChI=1S/C39H55ClN4O6/c1-5-8-28-23-32(40)12-14-33(28)31-26-44(35-24-29(11-15-37(35)50-27-31)38(41-46)39(45)47-4)25-30-10-13-34(30)36(9-6-7-16-42(2)3)49-22-19-43-17-20-48-21-18-43/h6,9,11-12,14-15,23-24,30-31,34,36,38H,5,7-8,10,13,16-22,25-27H2,1-4H3/b9-6+. The van der Waals surface area contributed by atoms with Gasteiger partial charge in [0.1, 0.15) is 5.75 Å². The number of hydrogen-bond donors (Lipinski definition) is 0. The molecule has 5 unspecified atom stereocenters. The van der Waals surface area contributed by atoms with Crippen molar-refractivity contribution in [2.45, 2.75) is 57.1 Å². The van der Waals surface area contributed by atoms with Gasteiger partial charge in [0.25, 0.3) is 0 Å². The number of nitroso groups, excluding NO2 is 1. The van der Waals surface area contributed by atoms with Gasteiger partial charge in [0.05, 0.1) is 45.3 Å². The molecule has 2 aromatic rings. The number of carbonyl (C=O) groups is 1. The van der Waals surface area contributed by atoms with Gasteiger partial charge >= 0.3 is 5.97 Å². The summed E-state index contributed by atoms with van der Waals surface area (Å²) >= 11 is 6.46. The summed E-state index contributed by atoms with van der Waals surface area (Å²) in [6, 6.07) is 10.4. The molecule has 0 spiro atoms. The van der Waals surface area contributed by atoms with Crippen LogP contribution in [0.3, 0.4) is 0 Å². The van der Waals surface area contributed by atoms with Crippen LogP contribution in [0, 0.1) is 16.7 Å². The smallest absolute Gasteiger partial charge is 0.338 e. The molecule has 2 heterocycles. The fourth-order valence-electron chi connectivity index (χ4n) is 7.42. The van der Waals surface area contributed by atoms with Crippen molar-refractivity contribution in [3.63, 3.8) is 0 Å². The molecular formula is C39H55ClN4O6. The van der Waals surface area contributed by atoms with E-state index in [9.17, 15) is 9.70 Å². The van der Waals surface area contributed by atoms with E-state index >= 15 is 0 Å². The number of methoxy groups -OCH3 is 1. The number of benzene rings is 2. The number of aryl methyl sites for hydroxylation is 1. The summed E-state index contributed by atoms with van der Waals surface area (Å²) < 4.78 is 23.6. The molecule has 1 saturated heterocycles. The second-order valence-electron chi connectivity index (χ2n) is 14.1. The monoisotopic (exact) mass is 710 g/mol. The second-order valence-corrected chi connectivity index (χ2v) is 14.5. The van der Waals surface area contributed by atoms with Crippen LogP contribution in [-0.2, 0) is 25.4 Å². The number of morpholine rings is 1. The van der Waals surface area contributed by atoms with E-state index in [0.717, 1.165) is 101 Å². The maximum Gasteiger partial charge on any atom is 0.338 e. The lowest BCUT2D eigenvalue weighted by atomic mass is 9.70. The molecule has 2 aliphatic heterocycles. The third-order valence-electron chi connectivity index (χ3n) is 10.4. The number of nitrogens with zero attached hydrogens (tertiary/aromatic N) is 4. The van der Waals surface area contributed by atoms with Gasteiger partial charge in [-0.2, -0.15) is 0 Å². The second kappa shape index (κ2) is 19.0. The highest BCUT2D eigenvalue weighted by atomic mass is 35.5. The van der Waals surface area contributed by atoms with Crippen LogP contribution in [0.25, 0.3) is 0 Å². The molecule has 3 aliphatic rings. The molecule has 5 atom stereocenters. The van der Waals surface area contributed by atoms with Crippen LogP contribution >= 0.6 is 11.6 Å². The minimum Gasteiger partial charge on any atom is -0.491 e. The van der Waals surface area contributed by atoms with Crippen molar-refractivity contribution in [1.29, 1.82) is 0 Å². The maximum absolute atomic E-state index is 12.5. The summed E-state index contributed by atoms with van der Waals surface area (Å²) in [5, 5.41) is 3.87. The number of ether oxygens (including phenoxy) is 4. The van der Waals surface area contributed by atoms with E-state index in [1.807, 2.05) is 18.2 Å². The van der Waals surface area contributed by atoms with E-state index in [4.69, 9.17) is 30.5 Å². The van der Waals surface area contributed by atoms with E-state index in [2.05, 4.69) is 65.2 Å². The van der Waals surface area contributed by atoms with Crippen LogP contribution in [0.1, 0.15) is 61.3 Å². The molecule has 0 amide bonds. The van der Waals surface area contributed by atoms with Crippen molar-refractivity contribution in [2.75, 3.05) is 91.8 Å². The molecular weight excluding hydrogens is 656 g/mol. The summed E-state index contributed by atoms with van der Waals surface area (Å²) in [6.45, 7) is 10.2. The Morgan fingerprint density at radius 2 is 1.98 bits per heavy atom. The van der Waals surface area contributed by atoms with E-state index in [0.29, 0.717) is 30.6 Å². The summed E-state index contributed by atoms with van der Waals surface area (Å²) in [5.41, 5.74) is 3.85. The zero-order valence-electron chi connectivity index (χ0n) is 30.2. The van der Waals surface area contributed by atoms with E-state index in [-0.39, 0.29) is 12.0 Å². The maximum atomic E-state index is 12.5. The van der Waals surface area contributed by atoms with Gasteiger partial charge in [0.15, 0.2) is 0 Å². The van der Waals surface area contributed by atoms with Crippen molar-refractivity contribution < 1.29 is 23.7 Å². The molecule has 1 aliphatic carbocycles. The first kappa shape index (κ1) is 38.2. The molecule has 11 heteroatoms. The van der Waals surface area contributed by atoms with Crippen molar-refractivity contribution in [3.05, 3.63) is 75.2 Å². The number of halogens is 1. The third kappa shape index (κ3) is 10.1. The van der Waals surface area contributed by atoms with Gasteiger partial charge in [-0.15, -0.1) is 4.91 Å². The van der Waals surface area contributed by atoms with Gasteiger partial charge in [-0.25, -0.2) is 4.79 Å². The zero-order valence-corrected chi connectivity index (χ0v) is 31.0. The van der Waals surface area contributed by atoms with Crippen LogP contribution < -0.4 is 9.64 Å². The highest BCUT2D eigenvalue weighted by Crippen LogP contribution is 2.44. The largest absolute Gasteiger partial charge is 0.491 e. The first-order valence-electron chi connectivity index (χ1n) is 18.2. The van der Waals surface area contributed by atoms with Crippen molar-refractivity contribution in [1.82, 2.24) is 9.80 Å². The number of esters is 1. The van der Waals surface area contributed by atoms with Gasteiger partial charge in [0.2, 0.25) is 6.04 Å². The Kier molecular flexibility index (Phi) is 14.5. The molecule has 0 radical (unpaired) electrons. The summed E-state index contributed by atoms with van der Waals surface area (Å²) in [6.07, 6.45) is 9.72. The molecule has 5 rings (SSSR count). The Bertz CT molecular complexity index is 1430. The van der Waals surface area contributed by atoms with Crippen molar-refractivity contribution >= 4 is 23.3 Å². The number of carbonyl (C=O) groups excluding carboxylic acids is 1. The lowest BCUT2D eigenvalue weighted by molar-refractivity contribution is -0.142. The lowest BCUT2D eigenvalue weighted by Crippen LogP contribution is -2.45. The Morgan fingerprint density at radius 3 is 2.68 bits per heavy atom. The van der Waals surface area contributed by atoms with Gasteiger partial charge in [-0.05, 0) is 97.7 Å². The highest BCUT2D eigenvalue weighted by molar-refractivity contribution is 6.30. The molecule has 0 aromatic heterocycles. The quantitative estimate of drug-likeness (QED) is 0.104. The predicted molar refractivity (Wildman–Crippen MR) is 198 cm³/mol. The summed E-state index contributed by atoms with van der Waals surface area (Å²) in [7, 11) is 5.47. The van der Waals surface area contributed by atoms with E-state index < -0.39 is 12.0 Å². The van der Waals surface area contributed by atoms with E-state index in [1.54, 1.807) is 6.07 Å². The Balaban J connectivity index is 1.41. The van der Waals surface area contributed by atoms with Crippen LogP contribution in [0.4, 0.5) is 5.69 Å². The third-order valence-corrected chi connectivity index (χ3v) is 10.6. The van der Waals surface area contributed by atoms with Gasteiger partial charge in [-0.1, -0.05) is 49.2 Å². The van der Waals surface area contributed by atoms with Crippen LogP contribution in [0.2, 0.25) is 5.02 Å². The number of rotatable bonds is 17. The number of anilines is 1. The zero-order chi connectivity index (χ0) is 35.5. The van der Waals surface area contributed by atoms with Crippen molar-refractivity contribution in [3.8, 4) is 5.75 Å². The number of fused-ring (bicyclic) bond motifs is 1. The minimum absolute atomic E-state index is 0.0252. The molecule has 0 bridgehead atoms. The average molecular weight is 711 g/mol. The molecule has 50 heavy (non-hydrogen) atoms. The minimum atomic E-state index is -1.24. The fourth-order valence-corrected chi connectivity index (χ4v) is 7.61. The summed E-state index contributed by atoms with van der Waals surface area (Å²) in [5.74, 6) is 0.902. The molecule has 0 N–H and O–H groups in total.